The Morgan fingerprint density at radius 1 is 0.404 bits per heavy atom. The minimum Gasteiger partial charge on any atom is -0.252 e. The summed E-state index contributed by atoms with van der Waals surface area (Å²) in [4.78, 5) is 10.8. The lowest BCUT2D eigenvalue weighted by atomic mass is 9.85. The number of aryl methyl sites for hydroxylation is 2. The van der Waals surface area contributed by atoms with E-state index in [0.717, 1.165) is 46.0 Å². The summed E-state index contributed by atoms with van der Waals surface area (Å²) < 4.78 is 0. The topological polar surface area (TPSA) is 25.8 Å². The third-order valence-corrected chi connectivity index (χ3v) is 10.2. The molecule has 0 saturated carbocycles. The summed E-state index contributed by atoms with van der Waals surface area (Å²) in [5, 5.41) is 4.81. The van der Waals surface area contributed by atoms with Gasteiger partial charge in [-0.1, -0.05) is 125 Å². The predicted molar refractivity (Wildman–Crippen MR) is 223 cm³/mol. The quantitative estimate of drug-likeness (QED) is 0.150. The zero-order chi connectivity index (χ0) is 35.9. The monoisotopic (exact) mass is 674 g/mol. The van der Waals surface area contributed by atoms with Gasteiger partial charge in [0.1, 0.15) is 0 Å². The standard InChI is InChI=1S/C50H46N2/c1-31(2)23-41-25-33(5)51-49-45-30-44(40-22-14-20-38(28-40)36-17-11-8-12-18-36)48-42(24-32(3)4)26-34(6)52-50(48)46(45)29-43(47(41)49)39-21-13-19-37(27-39)35-15-9-7-10-16-35/h7-22,25-32H,23-24H2,1-6H3. The number of hydrogen-bond acceptors (Lipinski definition) is 2. The minimum absolute atomic E-state index is 0.500. The molecule has 52 heavy (non-hydrogen) atoms. The van der Waals surface area contributed by atoms with E-state index in [1.807, 2.05) is 0 Å². The van der Waals surface area contributed by atoms with Crippen molar-refractivity contribution in [2.75, 3.05) is 0 Å². The van der Waals surface area contributed by atoms with Crippen LogP contribution < -0.4 is 0 Å². The highest BCUT2D eigenvalue weighted by Gasteiger charge is 2.22. The highest BCUT2D eigenvalue weighted by molar-refractivity contribution is 6.23. The molecule has 0 saturated heterocycles. The summed E-state index contributed by atoms with van der Waals surface area (Å²) in [6, 6.07) is 48.9. The van der Waals surface area contributed by atoms with Crippen molar-refractivity contribution in [2.45, 2.75) is 54.4 Å². The van der Waals surface area contributed by atoms with Gasteiger partial charge in [-0.3, -0.25) is 9.97 Å². The molecule has 8 rings (SSSR count). The molecule has 0 amide bonds. The summed E-state index contributed by atoms with van der Waals surface area (Å²) in [7, 11) is 0. The lowest BCUT2D eigenvalue weighted by molar-refractivity contribution is 0.649. The average Bonchev–Trinajstić information content (AvgIpc) is 3.14. The summed E-state index contributed by atoms with van der Waals surface area (Å²) in [6.07, 6.45) is 1.96. The third-order valence-electron chi connectivity index (χ3n) is 10.2. The largest absolute Gasteiger partial charge is 0.252 e. The Morgan fingerprint density at radius 2 is 0.769 bits per heavy atom. The highest BCUT2D eigenvalue weighted by atomic mass is 14.7. The Hall–Kier alpha value is -5.60. The zero-order valence-electron chi connectivity index (χ0n) is 31.2. The van der Waals surface area contributed by atoms with Crippen molar-refractivity contribution in [3.05, 3.63) is 156 Å². The molecule has 0 spiro atoms. The molecule has 0 bridgehead atoms. The molecule has 0 atom stereocenters. The van der Waals surface area contributed by atoms with E-state index in [-0.39, 0.29) is 0 Å². The van der Waals surface area contributed by atoms with Gasteiger partial charge in [-0.15, -0.1) is 0 Å². The van der Waals surface area contributed by atoms with Gasteiger partial charge in [0.25, 0.3) is 0 Å². The Balaban J connectivity index is 1.51. The first-order chi connectivity index (χ1) is 25.2. The number of hydrogen-bond donors (Lipinski definition) is 0. The van der Waals surface area contributed by atoms with Crippen molar-refractivity contribution in [3.8, 4) is 44.5 Å². The fraction of sp³-hybridized carbons (Fsp3) is 0.200. The number of pyridine rings is 2. The predicted octanol–water partition coefficient (Wildman–Crippen LogP) is 13.6. The smallest absolute Gasteiger partial charge is 0.0793 e. The van der Waals surface area contributed by atoms with Gasteiger partial charge in [-0.2, -0.15) is 0 Å². The second kappa shape index (κ2) is 13.8. The molecule has 0 unspecified atom stereocenters. The van der Waals surface area contributed by atoms with Crippen LogP contribution in [0.15, 0.2) is 133 Å². The molecule has 2 heteroatoms. The summed E-state index contributed by atoms with van der Waals surface area (Å²) in [6.45, 7) is 13.5. The van der Waals surface area contributed by atoms with Gasteiger partial charge in [0.05, 0.1) is 11.0 Å². The maximum Gasteiger partial charge on any atom is 0.0793 e. The normalized spacial score (nSPS) is 11.8. The van der Waals surface area contributed by atoms with Crippen molar-refractivity contribution >= 4 is 32.6 Å². The van der Waals surface area contributed by atoms with Gasteiger partial charge in [0, 0.05) is 32.9 Å². The number of nitrogens with zero attached hydrogens (tertiary/aromatic N) is 2. The molecule has 2 aromatic heterocycles. The Morgan fingerprint density at radius 3 is 1.15 bits per heavy atom. The van der Waals surface area contributed by atoms with Gasteiger partial charge in [0.2, 0.25) is 0 Å². The van der Waals surface area contributed by atoms with E-state index in [9.17, 15) is 0 Å². The first kappa shape index (κ1) is 33.5. The van der Waals surface area contributed by atoms with E-state index < -0.39 is 0 Å². The lowest BCUT2D eigenvalue weighted by Gasteiger charge is -2.21. The molecule has 8 aromatic rings. The minimum atomic E-state index is 0.500. The first-order valence-electron chi connectivity index (χ1n) is 18.8. The van der Waals surface area contributed by atoms with E-state index in [4.69, 9.17) is 9.97 Å². The van der Waals surface area contributed by atoms with E-state index >= 15 is 0 Å². The van der Waals surface area contributed by atoms with Crippen LogP contribution in [0.1, 0.15) is 50.2 Å². The summed E-state index contributed by atoms with van der Waals surface area (Å²) in [5.74, 6) is 1.000. The number of aromatic nitrogens is 2. The lowest BCUT2D eigenvalue weighted by Crippen LogP contribution is -2.03. The van der Waals surface area contributed by atoms with E-state index in [1.165, 1.54) is 66.4 Å². The van der Waals surface area contributed by atoms with Crippen LogP contribution in [0.3, 0.4) is 0 Å². The maximum atomic E-state index is 5.41. The van der Waals surface area contributed by atoms with E-state index in [1.54, 1.807) is 0 Å². The van der Waals surface area contributed by atoms with Crippen molar-refractivity contribution in [1.29, 1.82) is 0 Å². The molecule has 2 heterocycles. The second-order valence-corrected chi connectivity index (χ2v) is 15.3. The van der Waals surface area contributed by atoms with E-state index in [2.05, 4.69) is 175 Å². The fourth-order valence-electron chi connectivity index (χ4n) is 8.10. The van der Waals surface area contributed by atoms with Crippen LogP contribution in [-0.4, -0.2) is 9.97 Å². The van der Waals surface area contributed by atoms with Gasteiger partial charge in [-0.05, 0) is 131 Å². The molecule has 0 N–H and O–H groups in total. The van der Waals surface area contributed by atoms with Crippen molar-refractivity contribution in [3.63, 3.8) is 0 Å². The van der Waals surface area contributed by atoms with Crippen LogP contribution in [0, 0.1) is 25.7 Å². The molecule has 0 aliphatic carbocycles. The van der Waals surface area contributed by atoms with Crippen molar-refractivity contribution in [1.82, 2.24) is 9.97 Å². The van der Waals surface area contributed by atoms with Crippen molar-refractivity contribution in [2.24, 2.45) is 11.8 Å². The Kier molecular flexibility index (Phi) is 8.93. The molecular weight excluding hydrogens is 629 g/mol. The van der Waals surface area contributed by atoms with Gasteiger partial charge in [-0.25, -0.2) is 0 Å². The Labute approximate surface area is 308 Å². The van der Waals surface area contributed by atoms with Crippen LogP contribution in [0.5, 0.6) is 0 Å². The van der Waals surface area contributed by atoms with Gasteiger partial charge in [0.15, 0.2) is 0 Å². The van der Waals surface area contributed by atoms with Crippen LogP contribution in [0.4, 0.5) is 0 Å². The second-order valence-electron chi connectivity index (χ2n) is 15.3. The average molecular weight is 675 g/mol. The van der Waals surface area contributed by atoms with Crippen molar-refractivity contribution < 1.29 is 0 Å². The summed E-state index contributed by atoms with van der Waals surface area (Å²) in [5.41, 5.74) is 16.6. The molecule has 0 radical (unpaired) electrons. The molecule has 2 nitrogen and oxygen atoms in total. The molecular formula is C50H46N2. The zero-order valence-corrected chi connectivity index (χ0v) is 31.2. The van der Waals surface area contributed by atoms with Crippen LogP contribution >= 0.6 is 0 Å². The van der Waals surface area contributed by atoms with E-state index in [0.29, 0.717) is 11.8 Å². The van der Waals surface area contributed by atoms with Crippen LogP contribution in [0.25, 0.3) is 77.1 Å². The number of benzene rings is 6. The van der Waals surface area contributed by atoms with Gasteiger partial charge < -0.3 is 0 Å². The maximum absolute atomic E-state index is 5.41. The molecule has 256 valence electrons. The molecule has 0 aliphatic heterocycles. The van der Waals surface area contributed by atoms with Crippen LogP contribution in [-0.2, 0) is 12.8 Å². The third kappa shape index (κ3) is 6.39. The highest BCUT2D eigenvalue weighted by Crippen LogP contribution is 2.44. The molecule has 6 aromatic carbocycles. The van der Waals surface area contributed by atoms with Gasteiger partial charge >= 0.3 is 0 Å². The fourth-order valence-corrected chi connectivity index (χ4v) is 8.10. The Bertz CT molecular complexity index is 2400. The SMILES string of the molecule is Cc1cc(CC(C)C)c2c(-c3cccc(-c4ccccc4)c3)cc3c(cc(-c4cccc(-c5ccccc5)c4)c4c(CC(C)C)cc(C)nc43)c2n1. The van der Waals surface area contributed by atoms with Crippen LogP contribution in [0.2, 0.25) is 0 Å². The molecule has 0 fully saturated rings. The molecule has 0 aliphatic rings. The number of fused-ring (bicyclic) bond motifs is 5. The number of rotatable bonds is 8. The first-order valence-corrected chi connectivity index (χ1v) is 18.8. The summed E-state index contributed by atoms with van der Waals surface area (Å²) >= 11 is 0.